The van der Waals surface area contributed by atoms with Gasteiger partial charge in [0.1, 0.15) is 0 Å². The monoisotopic (exact) mass is 190 g/mol. The van der Waals surface area contributed by atoms with Crippen molar-refractivity contribution in [3.63, 3.8) is 0 Å². The standard InChI is InChI=1S/C11H14N2O/c1-8(14)13-10-6-9-4-2-3-5-11(9)12-7-10/h2-5,10,12H,6-7H2,1H3,(H,13,14)/t10-/m0/s1. The molecule has 1 atom stereocenters. The summed E-state index contributed by atoms with van der Waals surface area (Å²) in [6, 6.07) is 8.43. The van der Waals surface area contributed by atoms with Crippen LogP contribution in [0.1, 0.15) is 12.5 Å². The van der Waals surface area contributed by atoms with E-state index in [-0.39, 0.29) is 11.9 Å². The number of anilines is 1. The van der Waals surface area contributed by atoms with Crippen molar-refractivity contribution < 1.29 is 4.79 Å². The number of hydrogen-bond donors (Lipinski definition) is 2. The van der Waals surface area contributed by atoms with Crippen LogP contribution < -0.4 is 10.6 Å². The van der Waals surface area contributed by atoms with Crippen LogP contribution in [0.2, 0.25) is 0 Å². The molecule has 0 radical (unpaired) electrons. The molecule has 0 aromatic heterocycles. The third-order valence-corrected chi connectivity index (χ3v) is 2.43. The Hall–Kier alpha value is -1.51. The van der Waals surface area contributed by atoms with E-state index in [1.165, 1.54) is 11.3 Å². The zero-order valence-electron chi connectivity index (χ0n) is 8.21. The summed E-state index contributed by atoms with van der Waals surface area (Å²) >= 11 is 0. The summed E-state index contributed by atoms with van der Waals surface area (Å²) < 4.78 is 0. The molecular weight excluding hydrogens is 176 g/mol. The number of fused-ring (bicyclic) bond motifs is 1. The fourth-order valence-corrected chi connectivity index (χ4v) is 1.83. The van der Waals surface area contributed by atoms with E-state index in [1.54, 1.807) is 6.92 Å². The predicted molar refractivity (Wildman–Crippen MR) is 56.2 cm³/mol. The quantitative estimate of drug-likeness (QED) is 0.697. The third kappa shape index (κ3) is 1.87. The van der Waals surface area contributed by atoms with Gasteiger partial charge in [0.25, 0.3) is 0 Å². The predicted octanol–water partition coefficient (Wildman–Crippen LogP) is 1.16. The van der Waals surface area contributed by atoms with Gasteiger partial charge >= 0.3 is 0 Å². The second kappa shape index (κ2) is 3.70. The first-order chi connectivity index (χ1) is 6.75. The van der Waals surface area contributed by atoms with Crippen LogP contribution in [0.4, 0.5) is 5.69 Å². The topological polar surface area (TPSA) is 41.1 Å². The molecule has 3 heteroatoms. The summed E-state index contributed by atoms with van der Waals surface area (Å²) in [5, 5.41) is 6.22. The highest BCUT2D eigenvalue weighted by molar-refractivity contribution is 5.73. The highest BCUT2D eigenvalue weighted by Crippen LogP contribution is 2.20. The molecule has 0 spiro atoms. The summed E-state index contributed by atoms with van der Waals surface area (Å²) in [6.45, 7) is 2.37. The third-order valence-electron chi connectivity index (χ3n) is 2.43. The molecule has 0 unspecified atom stereocenters. The van der Waals surface area contributed by atoms with Crippen molar-refractivity contribution in [1.29, 1.82) is 0 Å². The van der Waals surface area contributed by atoms with E-state index in [2.05, 4.69) is 22.8 Å². The fourth-order valence-electron chi connectivity index (χ4n) is 1.83. The Balaban J connectivity index is 2.09. The minimum Gasteiger partial charge on any atom is -0.383 e. The average Bonchev–Trinajstić information content (AvgIpc) is 2.17. The molecule has 1 heterocycles. The molecule has 3 nitrogen and oxygen atoms in total. The lowest BCUT2D eigenvalue weighted by molar-refractivity contribution is -0.119. The number of carbonyl (C=O) groups excluding carboxylic acids is 1. The first-order valence-electron chi connectivity index (χ1n) is 4.84. The Bertz CT molecular complexity index is 349. The van der Waals surface area contributed by atoms with Crippen LogP contribution in [-0.2, 0) is 11.2 Å². The maximum atomic E-state index is 10.9. The molecule has 1 aliphatic heterocycles. The van der Waals surface area contributed by atoms with Gasteiger partial charge in [0.15, 0.2) is 0 Å². The van der Waals surface area contributed by atoms with Gasteiger partial charge in [-0.05, 0) is 18.1 Å². The molecule has 2 rings (SSSR count). The minimum absolute atomic E-state index is 0.0381. The zero-order valence-corrected chi connectivity index (χ0v) is 8.21. The number of rotatable bonds is 1. The minimum atomic E-state index is 0.0381. The van der Waals surface area contributed by atoms with Gasteiger partial charge in [0.2, 0.25) is 5.91 Å². The number of carbonyl (C=O) groups is 1. The Labute approximate surface area is 83.5 Å². The van der Waals surface area contributed by atoms with E-state index < -0.39 is 0 Å². The van der Waals surface area contributed by atoms with Crippen molar-refractivity contribution in [2.75, 3.05) is 11.9 Å². The van der Waals surface area contributed by atoms with Gasteiger partial charge in [0, 0.05) is 19.2 Å². The van der Waals surface area contributed by atoms with Gasteiger partial charge in [0.05, 0.1) is 6.04 Å². The van der Waals surface area contributed by atoms with E-state index in [1.807, 2.05) is 12.1 Å². The van der Waals surface area contributed by atoms with Crippen LogP contribution in [-0.4, -0.2) is 18.5 Å². The molecule has 0 fully saturated rings. The first kappa shape index (κ1) is 9.06. The summed E-state index contributed by atoms with van der Waals surface area (Å²) in [4.78, 5) is 10.9. The lowest BCUT2D eigenvalue weighted by atomic mass is 10.00. The van der Waals surface area contributed by atoms with E-state index in [9.17, 15) is 4.79 Å². The number of nitrogens with one attached hydrogen (secondary N) is 2. The van der Waals surface area contributed by atoms with E-state index in [0.29, 0.717) is 0 Å². The van der Waals surface area contributed by atoms with Crippen LogP contribution >= 0.6 is 0 Å². The molecule has 1 aromatic carbocycles. The molecule has 0 saturated carbocycles. The lowest BCUT2D eigenvalue weighted by Gasteiger charge is -2.26. The Morgan fingerprint density at radius 2 is 2.29 bits per heavy atom. The van der Waals surface area contributed by atoms with Gasteiger partial charge in [-0.15, -0.1) is 0 Å². The maximum absolute atomic E-state index is 10.9. The largest absolute Gasteiger partial charge is 0.383 e. The van der Waals surface area contributed by atoms with Gasteiger partial charge in [-0.1, -0.05) is 18.2 Å². The second-order valence-corrected chi connectivity index (χ2v) is 3.64. The van der Waals surface area contributed by atoms with Crippen LogP contribution in [0.15, 0.2) is 24.3 Å². The maximum Gasteiger partial charge on any atom is 0.217 e. The average molecular weight is 190 g/mol. The van der Waals surface area contributed by atoms with Crippen molar-refractivity contribution in [1.82, 2.24) is 5.32 Å². The van der Waals surface area contributed by atoms with Crippen molar-refractivity contribution >= 4 is 11.6 Å². The molecule has 1 aliphatic rings. The number of para-hydroxylation sites is 1. The lowest BCUT2D eigenvalue weighted by Crippen LogP contribution is -2.42. The molecule has 1 aromatic rings. The van der Waals surface area contributed by atoms with Crippen molar-refractivity contribution in [3.05, 3.63) is 29.8 Å². The van der Waals surface area contributed by atoms with Gasteiger partial charge < -0.3 is 10.6 Å². The molecule has 74 valence electrons. The smallest absolute Gasteiger partial charge is 0.217 e. The number of amides is 1. The summed E-state index contributed by atoms with van der Waals surface area (Å²) in [5.74, 6) is 0.0381. The van der Waals surface area contributed by atoms with Crippen LogP contribution in [0, 0.1) is 0 Å². The molecule has 0 saturated heterocycles. The van der Waals surface area contributed by atoms with Crippen molar-refractivity contribution in [2.45, 2.75) is 19.4 Å². The van der Waals surface area contributed by atoms with E-state index in [4.69, 9.17) is 0 Å². The number of benzene rings is 1. The zero-order chi connectivity index (χ0) is 9.97. The Morgan fingerprint density at radius 3 is 3.07 bits per heavy atom. The highest BCUT2D eigenvalue weighted by Gasteiger charge is 2.17. The van der Waals surface area contributed by atoms with E-state index >= 15 is 0 Å². The van der Waals surface area contributed by atoms with Crippen molar-refractivity contribution in [2.24, 2.45) is 0 Å². The fraction of sp³-hybridized carbons (Fsp3) is 0.364. The highest BCUT2D eigenvalue weighted by atomic mass is 16.1. The molecule has 2 N–H and O–H groups in total. The number of hydrogen-bond acceptors (Lipinski definition) is 2. The summed E-state index contributed by atoms with van der Waals surface area (Å²) in [6.07, 6.45) is 0.919. The first-order valence-corrected chi connectivity index (χ1v) is 4.84. The van der Waals surface area contributed by atoms with Crippen molar-refractivity contribution in [3.8, 4) is 0 Å². The molecule has 1 amide bonds. The molecule has 0 bridgehead atoms. The second-order valence-electron chi connectivity index (χ2n) is 3.64. The Kier molecular flexibility index (Phi) is 2.39. The summed E-state index contributed by atoms with van der Waals surface area (Å²) in [7, 11) is 0. The normalized spacial score (nSPS) is 19.4. The van der Waals surface area contributed by atoms with E-state index in [0.717, 1.165) is 13.0 Å². The molecular formula is C11H14N2O. The molecule has 14 heavy (non-hydrogen) atoms. The van der Waals surface area contributed by atoms with Crippen LogP contribution in [0.25, 0.3) is 0 Å². The summed E-state index contributed by atoms with van der Waals surface area (Å²) in [5.41, 5.74) is 2.46. The van der Waals surface area contributed by atoms with Gasteiger partial charge in [-0.3, -0.25) is 4.79 Å². The van der Waals surface area contributed by atoms with Crippen LogP contribution in [0.3, 0.4) is 0 Å². The van der Waals surface area contributed by atoms with Gasteiger partial charge in [-0.2, -0.15) is 0 Å². The SMILES string of the molecule is CC(=O)N[C@@H]1CNc2ccccc2C1. The Morgan fingerprint density at radius 1 is 1.50 bits per heavy atom. The molecule has 0 aliphatic carbocycles. The van der Waals surface area contributed by atoms with Crippen LogP contribution in [0.5, 0.6) is 0 Å². The van der Waals surface area contributed by atoms with Gasteiger partial charge in [-0.25, -0.2) is 0 Å².